The lowest BCUT2D eigenvalue weighted by Crippen LogP contribution is -2.31. The summed E-state index contributed by atoms with van der Waals surface area (Å²) in [6.07, 6.45) is -0.271. The van der Waals surface area contributed by atoms with E-state index in [9.17, 15) is 24.8 Å². The van der Waals surface area contributed by atoms with Gasteiger partial charge in [-0.15, -0.1) is 0 Å². The van der Waals surface area contributed by atoms with Gasteiger partial charge in [-0.1, -0.05) is 72.8 Å². The first-order valence-corrected chi connectivity index (χ1v) is 9.79. The number of nitro groups is 1. The number of carbonyl (C=O) groups is 2. The molecule has 158 valence electrons. The highest BCUT2D eigenvalue weighted by molar-refractivity contribution is 5.79. The summed E-state index contributed by atoms with van der Waals surface area (Å²) in [5, 5.41) is 23.1. The van der Waals surface area contributed by atoms with E-state index < -0.39 is 16.9 Å². The minimum absolute atomic E-state index is 0.110. The summed E-state index contributed by atoms with van der Waals surface area (Å²) in [6, 6.07) is 24.0. The van der Waals surface area contributed by atoms with E-state index in [2.05, 4.69) is 5.32 Å². The normalized spacial score (nSPS) is 11.6. The first kappa shape index (κ1) is 21.7. The van der Waals surface area contributed by atoms with Crippen LogP contribution in [-0.4, -0.2) is 21.9 Å². The van der Waals surface area contributed by atoms with Gasteiger partial charge in [-0.2, -0.15) is 0 Å². The van der Waals surface area contributed by atoms with Crippen LogP contribution in [0.1, 0.15) is 41.5 Å². The average molecular weight is 418 g/mol. The maximum atomic E-state index is 12.9. The average Bonchev–Trinajstić information content (AvgIpc) is 2.78. The molecule has 3 rings (SSSR count). The van der Waals surface area contributed by atoms with E-state index in [1.54, 1.807) is 6.07 Å². The van der Waals surface area contributed by atoms with Gasteiger partial charge in [0.05, 0.1) is 17.4 Å². The van der Waals surface area contributed by atoms with Crippen LogP contribution < -0.4 is 5.32 Å². The predicted octanol–water partition coefficient (Wildman–Crippen LogP) is 4.45. The predicted molar refractivity (Wildman–Crippen MR) is 116 cm³/mol. The van der Waals surface area contributed by atoms with Crippen LogP contribution in [0.4, 0.5) is 5.69 Å². The van der Waals surface area contributed by atoms with E-state index in [4.69, 9.17) is 0 Å². The number of carbonyl (C=O) groups excluding carboxylic acids is 1. The highest BCUT2D eigenvalue weighted by Crippen LogP contribution is 2.29. The molecule has 0 aromatic heterocycles. The smallest absolute Gasteiger partial charge is 0.305 e. The van der Waals surface area contributed by atoms with Gasteiger partial charge >= 0.3 is 5.97 Å². The van der Waals surface area contributed by atoms with Crippen LogP contribution in [0.25, 0.3) is 0 Å². The molecule has 7 heteroatoms. The molecular weight excluding hydrogens is 396 g/mol. The number of rotatable bonds is 9. The van der Waals surface area contributed by atoms with Gasteiger partial charge in [-0.25, -0.2) is 0 Å². The van der Waals surface area contributed by atoms with Crippen LogP contribution in [0.3, 0.4) is 0 Å². The summed E-state index contributed by atoms with van der Waals surface area (Å²) in [4.78, 5) is 34.8. The van der Waals surface area contributed by atoms with Crippen molar-refractivity contribution in [2.45, 2.75) is 24.8 Å². The van der Waals surface area contributed by atoms with E-state index in [-0.39, 0.29) is 30.4 Å². The molecule has 0 spiro atoms. The fourth-order valence-electron chi connectivity index (χ4n) is 3.52. The Balaban J connectivity index is 1.84. The zero-order valence-electron chi connectivity index (χ0n) is 16.7. The largest absolute Gasteiger partial charge is 0.481 e. The molecule has 0 heterocycles. The van der Waals surface area contributed by atoms with Crippen molar-refractivity contribution in [2.75, 3.05) is 0 Å². The van der Waals surface area contributed by atoms with Crippen molar-refractivity contribution in [2.24, 2.45) is 0 Å². The standard InChI is InChI=1S/C24H22N2O5/c27-23(15-21(17-8-3-1-4-9-17)18-10-5-2-6-11-18)25-22(16-24(28)29)19-12-7-13-20(14-19)26(30)31/h1-14,21-22H,15-16H2,(H,25,27)(H,28,29)/t22-/m1/s1. The third-order valence-electron chi connectivity index (χ3n) is 4.99. The van der Waals surface area contributed by atoms with Crippen LogP contribution in [0.5, 0.6) is 0 Å². The number of carboxylic acid groups (broad SMARTS) is 1. The highest BCUT2D eigenvalue weighted by atomic mass is 16.6. The Morgan fingerprint density at radius 1 is 0.839 bits per heavy atom. The lowest BCUT2D eigenvalue weighted by molar-refractivity contribution is -0.384. The van der Waals surface area contributed by atoms with Gasteiger partial charge in [0, 0.05) is 24.5 Å². The summed E-state index contributed by atoms with van der Waals surface area (Å²) in [7, 11) is 0. The van der Waals surface area contributed by atoms with Crippen LogP contribution in [-0.2, 0) is 9.59 Å². The summed E-state index contributed by atoms with van der Waals surface area (Å²) < 4.78 is 0. The second kappa shape index (κ2) is 10.2. The zero-order valence-corrected chi connectivity index (χ0v) is 16.7. The Morgan fingerprint density at radius 3 is 1.90 bits per heavy atom. The van der Waals surface area contributed by atoms with Gasteiger partial charge in [-0.3, -0.25) is 19.7 Å². The Bertz CT molecular complexity index is 1010. The SMILES string of the molecule is O=C(O)C[C@@H](NC(=O)CC(c1ccccc1)c1ccccc1)c1cccc([N+](=O)[O-])c1. The molecule has 0 bridgehead atoms. The summed E-state index contributed by atoms with van der Waals surface area (Å²) in [5.74, 6) is -1.66. The summed E-state index contributed by atoms with van der Waals surface area (Å²) in [5.41, 5.74) is 2.15. The molecular formula is C24H22N2O5. The van der Waals surface area contributed by atoms with E-state index in [1.807, 2.05) is 60.7 Å². The van der Waals surface area contributed by atoms with Crippen LogP contribution >= 0.6 is 0 Å². The maximum Gasteiger partial charge on any atom is 0.305 e. The highest BCUT2D eigenvalue weighted by Gasteiger charge is 2.23. The quantitative estimate of drug-likeness (QED) is 0.394. The molecule has 2 N–H and O–H groups in total. The Labute approximate surface area is 179 Å². The van der Waals surface area contributed by atoms with Crippen molar-refractivity contribution in [1.82, 2.24) is 5.32 Å². The van der Waals surface area contributed by atoms with Gasteiger partial charge in [0.15, 0.2) is 0 Å². The van der Waals surface area contributed by atoms with Crippen LogP contribution in [0, 0.1) is 10.1 Å². The Morgan fingerprint density at radius 2 is 1.39 bits per heavy atom. The molecule has 0 aliphatic rings. The zero-order chi connectivity index (χ0) is 22.2. The summed E-state index contributed by atoms with van der Waals surface area (Å²) >= 11 is 0. The molecule has 1 amide bonds. The number of hydrogen-bond donors (Lipinski definition) is 2. The fourth-order valence-corrected chi connectivity index (χ4v) is 3.52. The molecule has 0 radical (unpaired) electrons. The third kappa shape index (κ3) is 5.99. The molecule has 0 saturated heterocycles. The third-order valence-corrected chi connectivity index (χ3v) is 4.99. The number of nitrogens with zero attached hydrogens (tertiary/aromatic N) is 1. The number of benzene rings is 3. The van der Waals surface area contributed by atoms with E-state index in [0.717, 1.165) is 11.1 Å². The second-order valence-electron chi connectivity index (χ2n) is 7.15. The van der Waals surface area contributed by atoms with Crippen molar-refractivity contribution in [1.29, 1.82) is 0 Å². The molecule has 0 unspecified atom stereocenters. The molecule has 0 fully saturated rings. The molecule has 0 saturated carbocycles. The number of aliphatic carboxylic acids is 1. The molecule has 3 aromatic rings. The molecule has 1 atom stereocenters. The second-order valence-corrected chi connectivity index (χ2v) is 7.15. The Hall–Kier alpha value is -4.00. The van der Waals surface area contributed by atoms with Crippen molar-refractivity contribution in [3.63, 3.8) is 0 Å². The molecule has 0 aliphatic heterocycles. The molecule has 7 nitrogen and oxygen atoms in total. The van der Waals surface area contributed by atoms with E-state index in [1.165, 1.54) is 18.2 Å². The van der Waals surface area contributed by atoms with Gasteiger partial charge in [0.1, 0.15) is 0 Å². The number of carboxylic acids is 1. The number of nitro benzene ring substituents is 1. The minimum atomic E-state index is -1.11. The maximum absolute atomic E-state index is 12.9. The topological polar surface area (TPSA) is 110 Å². The van der Waals surface area contributed by atoms with Crippen molar-refractivity contribution < 1.29 is 19.6 Å². The van der Waals surface area contributed by atoms with Gasteiger partial charge in [-0.05, 0) is 16.7 Å². The number of amides is 1. The van der Waals surface area contributed by atoms with Gasteiger partial charge < -0.3 is 10.4 Å². The monoisotopic (exact) mass is 418 g/mol. The van der Waals surface area contributed by atoms with Crippen molar-refractivity contribution in [3.05, 3.63) is 112 Å². The van der Waals surface area contributed by atoms with Crippen LogP contribution in [0.15, 0.2) is 84.9 Å². The van der Waals surface area contributed by atoms with Gasteiger partial charge in [0.25, 0.3) is 5.69 Å². The summed E-state index contributed by atoms with van der Waals surface area (Å²) in [6.45, 7) is 0. The molecule has 0 aliphatic carbocycles. The van der Waals surface area contributed by atoms with Crippen molar-refractivity contribution >= 4 is 17.6 Å². The first-order chi connectivity index (χ1) is 14.9. The number of hydrogen-bond acceptors (Lipinski definition) is 4. The first-order valence-electron chi connectivity index (χ1n) is 9.79. The number of nitrogens with one attached hydrogen (secondary N) is 1. The lowest BCUT2D eigenvalue weighted by Gasteiger charge is -2.21. The van der Waals surface area contributed by atoms with Gasteiger partial charge in [0.2, 0.25) is 5.91 Å². The minimum Gasteiger partial charge on any atom is -0.481 e. The van der Waals surface area contributed by atoms with E-state index >= 15 is 0 Å². The molecule has 31 heavy (non-hydrogen) atoms. The number of non-ortho nitro benzene ring substituents is 1. The Kier molecular flexibility index (Phi) is 7.11. The molecule has 3 aromatic carbocycles. The van der Waals surface area contributed by atoms with Crippen LogP contribution in [0.2, 0.25) is 0 Å². The van der Waals surface area contributed by atoms with Crippen molar-refractivity contribution in [3.8, 4) is 0 Å². The lowest BCUT2D eigenvalue weighted by atomic mass is 9.88. The fraction of sp³-hybridized carbons (Fsp3) is 0.167. The van der Waals surface area contributed by atoms with E-state index in [0.29, 0.717) is 5.56 Å².